The normalized spacial score (nSPS) is 12.6. The minimum absolute atomic E-state index is 0. The first-order valence-electron chi connectivity index (χ1n) is 7.92. The standard InChI is InChI=1S/C19H24N2O2.ClH/c1-3-23-17-12-8-7-11-16(17)13-21-19(22)14(2)18(20)15-9-5-4-6-10-15;/h4-12,14,18H,3,13,20H2,1-2H3,(H,21,22);1H. The second-order valence-corrected chi connectivity index (χ2v) is 5.48. The number of halogens is 1. The number of hydrogen-bond donors (Lipinski definition) is 2. The average Bonchev–Trinajstić information content (AvgIpc) is 2.60. The van der Waals surface area contributed by atoms with Crippen molar-refractivity contribution in [2.24, 2.45) is 11.7 Å². The molecule has 3 N–H and O–H groups in total. The number of carbonyl (C=O) groups is 1. The van der Waals surface area contributed by atoms with Crippen molar-refractivity contribution in [1.29, 1.82) is 0 Å². The van der Waals surface area contributed by atoms with Crippen LogP contribution in [0.3, 0.4) is 0 Å². The Morgan fingerprint density at radius 3 is 2.42 bits per heavy atom. The highest BCUT2D eigenvalue weighted by Crippen LogP contribution is 2.20. The molecule has 2 unspecified atom stereocenters. The van der Waals surface area contributed by atoms with Crippen LogP contribution in [0.15, 0.2) is 54.6 Å². The van der Waals surface area contributed by atoms with Crippen LogP contribution in [0, 0.1) is 5.92 Å². The Morgan fingerprint density at radius 1 is 1.12 bits per heavy atom. The maximum atomic E-state index is 12.4. The van der Waals surface area contributed by atoms with Gasteiger partial charge in [0.1, 0.15) is 5.75 Å². The number of nitrogens with two attached hydrogens (primary N) is 1. The molecule has 4 nitrogen and oxygen atoms in total. The Kier molecular flexibility index (Phi) is 8.30. The van der Waals surface area contributed by atoms with Gasteiger partial charge in [-0.2, -0.15) is 0 Å². The fourth-order valence-corrected chi connectivity index (χ4v) is 2.42. The summed E-state index contributed by atoms with van der Waals surface area (Å²) >= 11 is 0. The largest absolute Gasteiger partial charge is 0.494 e. The summed E-state index contributed by atoms with van der Waals surface area (Å²) in [6, 6.07) is 17.1. The van der Waals surface area contributed by atoms with Crippen LogP contribution < -0.4 is 15.8 Å². The molecule has 0 aliphatic heterocycles. The molecule has 0 aromatic heterocycles. The molecule has 2 aromatic carbocycles. The zero-order valence-corrected chi connectivity index (χ0v) is 14.9. The quantitative estimate of drug-likeness (QED) is 0.805. The van der Waals surface area contributed by atoms with Gasteiger partial charge in [0.05, 0.1) is 12.5 Å². The van der Waals surface area contributed by atoms with Gasteiger partial charge in [0.2, 0.25) is 5.91 Å². The molecule has 0 heterocycles. The van der Waals surface area contributed by atoms with Crippen LogP contribution in [-0.4, -0.2) is 12.5 Å². The lowest BCUT2D eigenvalue weighted by atomic mass is 9.94. The molecule has 0 bridgehead atoms. The second kappa shape index (κ2) is 9.96. The SMILES string of the molecule is CCOc1ccccc1CNC(=O)C(C)C(N)c1ccccc1.Cl. The molecule has 1 amide bonds. The van der Waals surface area contributed by atoms with E-state index in [-0.39, 0.29) is 30.3 Å². The average molecular weight is 349 g/mol. The van der Waals surface area contributed by atoms with Crippen molar-refractivity contribution in [3.05, 3.63) is 65.7 Å². The Bertz CT molecular complexity index is 634. The second-order valence-electron chi connectivity index (χ2n) is 5.48. The van der Waals surface area contributed by atoms with E-state index in [4.69, 9.17) is 10.5 Å². The topological polar surface area (TPSA) is 64.3 Å². The van der Waals surface area contributed by atoms with E-state index < -0.39 is 0 Å². The number of hydrogen-bond acceptors (Lipinski definition) is 3. The highest BCUT2D eigenvalue weighted by Gasteiger charge is 2.22. The molecule has 0 spiro atoms. The molecule has 0 aliphatic rings. The molecule has 2 aromatic rings. The van der Waals surface area contributed by atoms with Gasteiger partial charge >= 0.3 is 0 Å². The fourth-order valence-electron chi connectivity index (χ4n) is 2.42. The van der Waals surface area contributed by atoms with Gasteiger partial charge in [-0.1, -0.05) is 55.5 Å². The molecular weight excluding hydrogens is 324 g/mol. The minimum atomic E-state index is -0.321. The van der Waals surface area contributed by atoms with E-state index in [2.05, 4.69) is 5.32 Å². The van der Waals surface area contributed by atoms with E-state index in [0.29, 0.717) is 13.2 Å². The third-order valence-corrected chi connectivity index (χ3v) is 3.86. The number of ether oxygens (including phenoxy) is 1. The first-order chi connectivity index (χ1) is 11.1. The maximum absolute atomic E-state index is 12.4. The Morgan fingerprint density at radius 2 is 1.75 bits per heavy atom. The van der Waals surface area contributed by atoms with Gasteiger partial charge in [-0.3, -0.25) is 4.79 Å². The Hall–Kier alpha value is -2.04. The predicted octanol–water partition coefficient (Wildman–Crippen LogP) is 3.46. The number of benzene rings is 2. The molecule has 2 atom stereocenters. The Labute approximate surface area is 149 Å². The summed E-state index contributed by atoms with van der Waals surface area (Å²) in [5, 5.41) is 2.95. The molecule has 5 heteroatoms. The number of nitrogens with one attached hydrogen (secondary N) is 1. The van der Waals surface area contributed by atoms with E-state index in [0.717, 1.165) is 16.9 Å². The highest BCUT2D eigenvalue weighted by molar-refractivity contribution is 5.85. The molecule has 24 heavy (non-hydrogen) atoms. The summed E-state index contributed by atoms with van der Waals surface area (Å²) in [7, 11) is 0. The van der Waals surface area contributed by atoms with Crippen LogP contribution in [0.5, 0.6) is 5.75 Å². The zero-order valence-electron chi connectivity index (χ0n) is 14.1. The molecule has 0 fully saturated rings. The van der Waals surface area contributed by atoms with Gasteiger partial charge in [0, 0.05) is 18.2 Å². The summed E-state index contributed by atoms with van der Waals surface area (Å²) < 4.78 is 5.57. The molecule has 130 valence electrons. The van der Waals surface area contributed by atoms with Gasteiger partial charge < -0.3 is 15.8 Å². The summed E-state index contributed by atoms with van der Waals surface area (Å²) in [4.78, 5) is 12.4. The smallest absolute Gasteiger partial charge is 0.225 e. The van der Waals surface area contributed by atoms with Crippen LogP contribution in [0.1, 0.15) is 31.0 Å². The van der Waals surface area contributed by atoms with Crippen molar-refractivity contribution in [1.82, 2.24) is 5.32 Å². The van der Waals surface area contributed by atoms with Crippen LogP contribution in [0.4, 0.5) is 0 Å². The fraction of sp³-hybridized carbons (Fsp3) is 0.316. The van der Waals surface area contributed by atoms with Crippen molar-refractivity contribution in [2.75, 3.05) is 6.61 Å². The first kappa shape index (κ1) is 20.0. The van der Waals surface area contributed by atoms with E-state index >= 15 is 0 Å². The number of rotatable bonds is 7. The number of amides is 1. The molecule has 0 radical (unpaired) electrons. The van der Waals surface area contributed by atoms with Gasteiger partial charge in [-0.15, -0.1) is 12.4 Å². The lowest BCUT2D eigenvalue weighted by Gasteiger charge is -2.20. The zero-order chi connectivity index (χ0) is 16.7. The van der Waals surface area contributed by atoms with Gasteiger partial charge in [0.25, 0.3) is 0 Å². The van der Waals surface area contributed by atoms with Crippen molar-refractivity contribution >= 4 is 18.3 Å². The number of para-hydroxylation sites is 1. The summed E-state index contributed by atoms with van der Waals surface area (Å²) in [5.41, 5.74) is 8.12. The summed E-state index contributed by atoms with van der Waals surface area (Å²) in [6.45, 7) is 4.82. The van der Waals surface area contributed by atoms with Crippen molar-refractivity contribution in [2.45, 2.75) is 26.4 Å². The van der Waals surface area contributed by atoms with Gasteiger partial charge in [-0.05, 0) is 18.6 Å². The van der Waals surface area contributed by atoms with Crippen molar-refractivity contribution in [3.8, 4) is 5.75 Å². The number of carbonyl (C=O) groups excluding carboxylic acids is 1. The van der Waals surface area contributed by atoms with Crippen LogP contribution >= 0.6 is 12.4 Å². The molecule has 0 aliphatic carbocycles. The lowest BCUT2D eigenvalue weighted by Crippen LogP contribution is -2.35. The molecular formula is C19H25ClN2O2. The molecule has 0 saturated heterocycles. The van der Waals surface area contributed by atoms with Crippen LogP contribution in [0.25, 0.3) is 0 Å². The van der Waals surface area contributed by atoms with Crippen molar-refractivity contribution < 1.29 is 9.53 Å². The van der Waals surface area contributed by atoms with Crippen LogP contribution in [-0.2, 0) is 11.3 Å². The van der Waals surface area contributed by atoms with Gasteiger partial charge in [0.15, 0.2) is 0 Å². The van der Waals surface area contributed by atoms with Crippen LogP contribution in [0.2, 0.25) is 0 Å². The Balaban J connectivity index is 0.00000288. The van der Waals surface area contributed by atoms with E-state index in [9.17, 15) is 4.79 Å². The third kappa shape index (κ3) is 5.25. The highest BCUT2D eigenvalue weighted by atomic mass is 35.5. The first-order valence-corrected chi connectivity index (χ1v) is 7.92. The minimum Gasteiger partial charge on any atom is -0.494 e. The van der Waals surface area contributed by atoms with E-state index in [1.807, 2.05) is 68.4 Å². The van der Waals surface area contributed by atoms with Gasteiger partial charge in [-0.25, -0.2) is 0 Å². The van der Waals surface area contributed by atoms with Crippen molar-refractivity contribution in [3.63, 3.8) is 0 Å². The summed E-state index contributed by atoms with van der Waals surface area (Å²) in [5.74, 6) is 0.430. The molecule has 0 saturated carbocycles. The lowest BCUT2D eigenvalue weighted by molar-refractivity contribution is -0.125. The summed E-state index contributed by atoms with van der Waals surface area (Å²) in [6.07, 6.45) is 0. The third-order valence-electron chi connectivity index (χ3n) is 3.86. The predicted molar refractivity (Wildman–Crippen MR) is 99.2 cm³/mol. The maximum Gasteiger partial charge on any atom is 0.225 e. The molecule has 2 rings (SSSR count). The monoisotopic (exact) mass is 348 g/mol. The van der Waals surface area contributed by atoms with E-state index in [1.54, 1.807) is 0 Å². The van der Waals surface area contributed by atoms with E-state index in [1.165, 1.54) is 0 Å².